The van der Waals surface area contributed by atoms with Gasteiger partial charge in [0.25, 0.3) is 0 Å². The average Bonchev–Trinajstić information content (AvgIpc) is 3.84. The molecule has 0 atom stereocenters. The zero-order valence-electron chi connectivity index (χ0n) is 39.2. The molecule has 9 heteroatoms. The van der Waals surface area contributed by atoms with E-state index in [0.717, 1.165) is 22.5 Å². The van der Waals surface area contributed by atoms with Crippen LogP contribution in [0.15, 0.2) is 131 Å². The third-order valence-corrected chi connectivity index (χ3v) is 12.4. The maximum absolute atomic E-state index is 12.2. The van der Waals surface area contributed by atoms with Crippen molar-refractivity contribution in [1.82, 2.24) is 0 Å². The topological polar surface area (TPSA) is 61.2 Å². The van der Waals surface area contributed by atoms with Crippen LogP contribution in [-0.4, -0.2) is 22.4 Å². The molecule has 0 saturated carbocycles. The quantitative estimate of drug-likeness (QED) is 0.155. The molecule has 0 unspecified atom stereocenters. The molecule has 0 amide bonds. The molecule has 9 rings (SSSR count). The molecule has 3 heterocycles. The maximum Gasteiger partial charge on any atom is 4.00 e. The van der Waals surface area contributed by atoms with E-state index in [1.54, 1.807) is 74.0 Å². The van der Waals surface area contributed by atoms with Gasteiger partial charge in [-0.05, 0) is 90.4 Å². The van der Waals surface area contributed by atoms with Crippen molar-refractivity contribution in [3.63, 3.8) is 0 Å². The van der Waals surface area contributed by atoms with E-state index in [2.05, 4.69) is 77.2 Å². The summed E-state index contributed by atoms with van der Waals surface area (Å²) in [5.74, 6) is 0.817. The van der Waals surface area contributed by atoms with Gasteiger partial charge in [0.15, 0.2) is 0 Å². The molecule has 298 valence electrons. The van der Waals surface area contributed by atoms with Crippen LogP contribution in [0.2, 0.25) is 0 Å². The number of anilines is 6. The van der Waals surface area contributed by atoms with E-state index in [4.69, 9.17) is 8.22 Å². The predicted molar refractivity (Wildman–Crippen MR) is 237 cm³/mol. The Morgan fingerprint density at radius 2 is 1.00 bits per heavy atom. The van der Waals surface area contributed by atoms with Crippen molar-refractivity contribution < 1.29 is 37.7 Å². The van der Waals surface area contributed by atoms with Gasteiger partial charge in [0, 0.05) is 31.0 Å². The van der Waals surface area contributed by atoms with Gasteiger partial charge in [-0.3, -0.25) is 0 Å². The Kier molecular flexibility index (Phi) is 9.53. The van der Waals surface area contributed by atoms with Crippen molar-refractivity contribution in [2.75, 3.05) is 33.6 Å². The van der Waals surface area contributed by atoms with Gasteiger partial charge in [-0.1, -0.05) is 114 Å². The number of rotatable bonds is 6. The number of fused-ring (bicyclic) bond motifs is 4. The van der Waals surface area contributed by atoms with Gasteiger partial charge in [-0.15, -0.1) is 46.5 Å². The molecule has 6 aromatic carbocycles. The van der Waals surface area contributed by atoms with E-state index in [1.165, 1.54) is 26.5 Å². The van der Waals surface area contributed by atoms with E-state index in [0.29, 0.717) is 40.0 Å². The van der Waals surface area contributed by atoms with Crippen LogP contribution in [0.5, 0.6) is 0 Å². The summed E-state index contributed by atoms with van der Waals surface area (Å²) < 4.78 is 74.0. The Hall–Kier alpha value is -5.04. The molecule has 0 radical (unpaired) electrons. The van der Waals surface area contributed by atoms with E-state index < -0.39 is 23.8 Å². The second kappa shape index (κ2) is 16.3. The molecule has 0 spiro atoms. The summed E-state index contributed by atoms with van der Waals surface area (Å²) in [6.45, 7) is 11.7. The Bertz CT molecular complexity index is 2640. The summed E-state index contributed by atoms with van der Waals surface area (Å²) in [5, 5.41) is 4.33. The van der Waals surface area contributed by atoms with Crippen LogP contribution in [0.1, 0.15) is 84.2 Å². The van der Waals surface area contributed by atoms with Crippen LogP contribution in [0.3, 0.4) is 0 Å². The largest absolute Gasteiger partial charge is 4.00 e. The van der Waals surface area contributed by atoms with Crippen molar-refractivity contribution in [2.45, 2.75) is 69.1 Å². The molecular formula is C49H49N5O2PtS. The SMILES string of the molecule is O=S1(=O)c2ccccc2[N-]c2ccccc21.[2H]C([2H])([2H])N1[CH-]N(c2[c-]c(N3[CH-]N(C([2H])([2H])[2H])c4ccccc43)cc(-c3c(C(C)C)cc(C(C)C)cc3C(C)C)c2)c2ccccc21.[Pt+4]. The molecule has 0 saturated heterocycles. The zero-order chi connectivity index (χ0) is 45.2. The van der Waals surface area contributed by atoms with Crippen LogP contribution in [0, 0.1) is 19.4 Å². The number of sulfone groups is 1. The van der Waals surface area contributed by atoms with Gasteiger partial charge in [-0.2, -0.15) is 13.3 Å². The fraction of sp³-hybridized carbons (Fsp3) is 0.224. The minimum Gasteiger partial charge on any atom is -0.656 e. The normalized spacial score (nSPS) is 16.6. The smallest absolute Gasteiger partial charge is 0.656 e. The predicted octanol–water partition coefficient (Wildman–Crippen LogP) is 13.1. The molecule has 3 aliphatic rings. The first-order valence-electron chi connectivity index (χ1n) is 22.2. The van der Waals surface area contributed by atoms with Gasteiger partial charge in [0.2, 0.25) is 9.84 Å². The molecule has 0 aromatic heterocycles. The first-order chi connectivity index (χ1) is 29.8. The molecule has 0 bridgehead atoms. The summed E-state index contributed by atoms with van der Waals surface area (Å²) in [7, 11) is -3.40. The van der Waals surface area contributed by atoms with Crippen molar-refractivity contribution in [2.24, 2.45) is 0 Å². The molecule has 3 aliphatic heterocycles. The minimum atomic E-state index is -3.40. The van der Waals surface area contributed by atoms with Gasteiger partial charge in [-0.25, -0.2) is 8.42 Å². The van der Waals surface area contributed by atoms with E-state index in [-0.39, 0.29) is 42.7 Å². The fourth-order valence-electron chi connectivity index (χ4n) is 7.64. The molecule has 0 N–H and O–H groups in total. The van der Waals surface area contributed by atoms with Crippen molar-refractivity contribution in [3.8, 4) is 11.1 Å². The van der Waals surface area contributed by atoms with Crippen LogP contribution in [0.25, 0.3) is 16.4 Å². The third kappa shape index (κ3) is 7.42. The molecular weight excluding hydrogens is 918 g/mol. The molecule has 0 aliphatic carbocycles. The summed E-state index contributed by atoms with van der Waals surface area (Å²) in [6.07, 6.45) is 0. The van der Waals surface area contributed by atoms with Gasteiger partial charge >= 0.3 is 21.1 Å². The summed E-state index contributed by atoms with van der Waals surface area (Å²) in [5.41, 5.74) is 10.8. The zero-order valence-corrected chi connectivity index (χ0v) is 36.3. The van der Waals surface area contributed by atoms with Gasteiger partial charge in [0.05, 0.1) is 9.79 Å². The number of hydrogen-bond acceptors (Lipinski definition) is 6. The molecule has 6 aromatic rings. The Labute approximate surface area is 367 Å². The molecule has 7 nitrogen and oxygen atoms in total. The van der Waals surface area contributed by atoms with E-state index >= 15 is 0 Å². The van der Waals surface area contributed by atoms with E-state index in [1.807, 2.05) is 46.2 Å². The van der Waals surface area contributed by atoms with Gasteiger partial charge < -0.3 is 24.9 Å². The summed E-state index contributed by atoms with van der Waals surface area (Å²) in [4.78, 5) is 6.93. The fourth-order valence-corrected chi connectivity index (χ4v) is 9.17. The second-order valence-electron chi connectivity index (χ2n) is 15.4. The summed E-state index contributed by atoms with van der Waals surface area (Å²) in [6, 6.07) is 40.8. The Balaban J connectivity index is 0.000000300. The van der Waals surface area contributed by atoms with Crippen LogP contribution in [-0.2, 0) is 30.9 Å². The van der Waals surface area contributed by atoms with Crippen molar-refractivity contribution in [3.05, 3.63) is 163 Å². The van der Waals surface area contributed by atoms with Crippen LogP contribution in [0.4, 0.5) is 45.5 Å². The third-order valence-electron chi connectivity index (χ3n) is 10.6. The molecule has 58 heavy (non-hydrogen) atoms. The van der Waals surface area contributed by atoms with Crippen molar-refractivity contribution >= 4 is 55.3 Å². The molecule has 0 fully saturated rings. The minimum absolute atomic E-state index is 0. The van der Waals surface area contributed by atoms with E-state index in [9.17, 15) is 8.42 Å². The Morgan fingerprint density at radius 3 is 1.41 bits per heavy atom. The first-order valence-corrected chi connectivity index (χ1v) is 20.7. The second-order valence-corrected chi connectivity index (χ2v) is 17.3. The number of nitrogens with zero attached hydrogens (tertiary/aromatic N) is 5. The maximum atomic E-state index is 12.2. The van der Waals surface area contributed by atoms with Crippen LogP contribution >= 0.6 is 0 Å². The monoisotopic (exact) mass is 972 g/mol. The van der Waals surface area contributed by atoms with Crippen molar-refractivity contribution in [1.29, 1.82) is 0 Å². The number of benzene rings is 6. The number of para-hydroxylation sites is 6. The number of hydrogen-bond donors (Lipinski definition) is 0. The standard InChI is InChI=1S/C37H41N4.C12H8NO2S.Pt/c1-24(2)27-19-31(25(3)4)37(32(20-27)26(5)6)28-17-29(40-22-38(7)33-13-9-11-15-35(33)40)21-30(18-28)41-23-39(8)34-14-10-12-16-36(34)41;14-16(15)11-7-3-1-5-9(11)13-10-6-2-4-8-12(10)16;/h9-20,22-26H,1-8H3;1-8H;/q-3;-1;+4/i7D3,8D3;;. The average molecular weight is 973 g/mol. The van der Waals surface area contributed by atoms with Crippen LogP contribution < -0.4 is 19.6 Å². The summed E-state index contributed by atoms with van der Waals surface area (Å²) >= 11 is 0. The Morgan fingerprint density at radius 1 is 0.586 bits per heavy atom. The first kappa shape index (κ1) is 33.9. The van der Waals surface area contributed by atoms with Gasteiger partial charge in [0.1, 0.15) is 0 Å².